The van der Waals surface area contributed by atoms with Crippen molar-refractivity contribution in [1.82, 2.24) is 10.2 Å². The zero-order chi connectivity index (χ0) is 17.8. The van der Waals surface area contributed by atoms with Crippen molar-refractivity contribution in [3.63, 3.8) is 0 Å². The third-order valence-electron chi connectivity index (χ3n) is 3.33. The van der Waals surface area contributed by atoms with Crippen LogP contribution >= 0.6 is 0 Å². The molecule has 130 valence electrons. The Morgan fingerprint density at radius 3 is 2.22 bits per heavy atom. The van der Waals surface area contributed by atoms with Gasteiger partial charge in [0.1, 0.15) is 6.54 Å². The largest absolute Gasteiger partial charge is 0.405 e. The minimum atomic E-state index is -4.44. The lowest BCUT2D eigenvalue weighted by Crippen LogP contribution is -2.40. The van der Waals surface area contributed by atoms with Gasteiger partial charge in [0.15, 0.2) is 9.84 Å². The summed E-state index contributed by atoms with van der Waals surface area (Å²) in [5, 5.41) is 1.80. The number of benzene rings is 1. The highest BCUT2D eigenvalue weighted by atomic mass is 32.2. The standard InChI is InChI=1S/C14H19F3N2O3S/c1-10(11-4-6-12(7-5-11)23(3,21)22)19(2)8-13(20)18-9-14(15,16)17/h4-7,10H,8-9H2,1-3H3,(H,18,20)/t10-/m1/s1. The first-order valence-electron chi connectivity index (χ1n) is 6.74. The van der Waals surface area contributed by atoms with Crippen LogP contribution in [0.2, 0.25) is 0 Å². The second kappa shape index (κ2) is 7.31. The Bertz CT molecular complexity index is 642. The predicted molar refractivity (Wildman–Crippen MR) is 79.7 cm³/mol. The predicted octanol–water partition coefficient (Wildman–Crippen LogP) is 1.76. The Hall–Kier alpha value is -1.61. The number of nitrogens with zero attached hydrogens (tertiary/aromatic N) is 1. The zero-order valence-electron chi connectivity index (χ0n) is 13.0. The lowest BCUT2D eigenvalue weighted by atomic mass is 10.1. The molecule has 1 aromatic carbocycles. The molecule has 0 aromatic heterocycles. The highest BCUT2D eigenvalue weighted by molar-refractivity contribution is 7.90. The molecule has 0 heterocycles. The molecule has 0 aliphatic carbocycles. The molecule has 1 amide bonds. The molecule has 0 aliphatic heterocycles. The van der Waals surface area contributed by atoms with Gasteiger partial charge in [0.2, 0.25) is 5.91 Å². The van der Waals surface area contributed by atoms with E-state index in [0.29, 0.717) is 0 Å². The molecule has 0 saturated carbocycles. The van der Waals surface area contributed by atoms with Crippen molar-refractivity contribution >= 4 is 15.7 Å². The lowest BCUT2D eigenvalue weighted by molar-refractivity contribution is -0.139. The SMILES string of the molecule is C[C@H](c1ccc(S(C)(=O)=O)cc1)N(C)CC(=O)NCC(F)(F)F. The smallest absolute Gasteiger partial charge is 0.346 e. The van der Waals surface area contributed by atoms with Gasteiger partial charge in [-0.25, -0.2) is 8.42 Å². The van der Waals surface area contributed by atoms with Crippen LogP contribution in [0.4, 0.5) is 13.2 Å². The molecule has 0 bridgehead atoms. The summed E-state index contributed by atoms with van der Waals surface area (Å²) in [5.41, 5.74) is 0.753. The van der Waals surface area contributed by atoms with Crippen LogP contribution in [0.5, 0.6) is 0 Å². The van der Waals surface area contributed by atoms with Crippen molar-refractivity contribution in [3.8, 4) is 0 Å². The summed E-state index contributed by atoms with van der Waals surface area (Å²) in [4.78, 5) is 13.2. The molecule has 1 aromatic rings. The van der Waals surface area contributed by atoms with Gasteiger partial charge in [0.05, 0.1) is 11.4 Å². The number of amides is 1. The van der Waals surface area contributed by atoms with Crippen LogP contribution in [-0.4, -0.2) is 51.8 Å². The van der Waals surface area contributed by atoms with E-state index in [4.69, 9.17) is 0 Å². The first-order chi connectivity index (χ1) is 10.4. The molecule has 0 radical (unpaired) electrons. The van der Waals surface area contributed by atoms with Gasteiger partial charge in [-0.15, -0.1) is 0 Å². The number of alkyl halides is 3. The third kappa shape index (κ3) is 6.57. The molecule has 1 N–H and O–H groups in total. The van der Waals surface area contributed by atoms with Crippen molar-refractivity contribution in [2.75, 3.05) is 26.4 Å². The van der Waals surface area contributed by atoms with Crippen molar-refractivity contribution in [2.45, 2.75) is 24.0 Å². The summed E-state index contributed by atoms with van der Waals surface area (Å²) < 4.78 is 58.9. The third-order valence-corrected chi connectivity index (χ3v) is 4.46. The maximum absolute atomic E-state index is 12.0. The number of carbonyl (C=O) groups excluding carboxylic acids is 1. The van der Waals surface area contributed by atoms with Crippen LogP contribution in [-0.2, 0) is 14.6 Å². The summed E-state index contributed by atoms with van der Waals surface area (Å²) in [6.07, 6.45) is -3.34. The van der Waals surface area contributed by atoms with Gasteiger partial charge in [-0.1, -0.05) is 12.1 Å². The number of halogens is 3. The number of hydrogen-bond acceptors (Lipinski definition) is 4. The first kappa shape index (κ1) is 19.4. The average Bonchev–Trinajstić information content (AvgIpc) is 2.42. The Morgan fingerprint density at radius 1 is 1.26 bits per heavy atom. The maximum atomic E-state index is 12.0. The summed E-state index contributed by atoms with van der Waals surface area (Å²) in [7, 11) is -1.69. The molecule has 1 rings (SSSR count). The quantitative estimate of drug-likeness (QED) is 0.847. The number of hydrogen-bond donors (Lipinski definition) is 1. The number of carbonyl (C=O) groups is 1. The monoisotopic (exact) mass is 352 g/mol. The molecule has 0 unspecified atom stereocenters. The molecule has 1 atom stereocenters. The molecule has 5 nitrogen and oxygen atoms in total. The van der Waals surface area contributed by atoms with Crippen molar-refractivity contribution in [2.24, 2.45) is 0 Å². The summed E-state index contributed by atoms with van der Waals surface area (Å²) >= 11 is 0. The second-order valence-corrected chi connectivity index (χ2v) is 7.34. The van der Waals surface area contributed by atoms with E-state index in [0.717, 1.165) is 11.8 Å². The van der Waals surface area contributed by atoms with Gasteiger partial charge in [0.25, 0.3) is 0 Å². The van der Waals surface area contributed by atoms with Crippen molar-refractivity contribution in [1.29, 1.82) is 0 Å². The zero-order valence-corrected chi connectivity index (χ0v) is 13.8. The van der Waals surface area contributed by atoms with Gasteiger partial charge in [-0.3, -0.25) is 9.69 Å². The van der Waals surface area contributed by atoms with Crippen molar-refractivity contribution in [3.05, 3.63) is 29.8 Å². The Morgan fingerprint density at radius 2 is 1.78 bits per heavy atom. The molecule has 0 fully saturated rings. The van der Waals surface area contributed by atoms with Crippen LogP contribution < -0.4 is 5.32 Å². The van der Waals surface area contributed by atoms with E-state index < -0.39 is 28.5 Å². The summed E-state index contributed by atoms with van der Waals surface area (Å²) in [6, 6.07) is 5.88. The van der Waals surface area contributed by atoms with E-state index in [1.807, 2.05) is 0 Å². The minimum absolute atomic E-state index is 0.180. The maximum Gasteiger partial charge on any atom is 0.405 e. The van der Waals surface area contributed by atoms with Gasteiger partial charge < -0.3 is 5.32 Å². The summed E-state index contributed by atoms with van der Waals surface area (Å²) in [6.45, 7) is 0.203. The molecule has 0 aliphatic rings. The fourth-order valence-electron chi connectivity index (χ4n) is 1.87. The van der Waals surface area contributed by atoms with E-state index >= 15 is 0 Å². The number of rotatable bonds is 6. The van der Waals surface area contributed by atoms with E-state index in [9.17, 15) is 26.4 Å². The first-order valence-corrected chi connectivity index (χ1v) is 8.63. The van der Waals surface area contributed by atoms with Gasteiger partial charge in [-0.2, -0.15) is 13.2 Å². The second-order valence-electron chi connectivity index (χ2n) is 5.32. The van der Waals surface area contributed by atoms with E-state index in [1.165, 1.54) is 12.1 Å². The fourth-order valence-corrected chi connectivity index (χ4v) is 2.50. The fraction of sp³-hybridized carbons (Fsp3) is 0.500. The highest BCUT2D eigenvalue weighted by Gasteiger charge is 2.28. The molecular weight excluding hydrogens is 333 g/mol. The number of nitrogens with one attached hydrogen (secondary N) is 1. The molecule has 0 spiro atoms. The Balaban J connectivity index is 2.66. The minimum Gasteiger partial charge on any atom is -0.346 e. The Labute approximate surface area is 133 Å². The Kier molecular flexibility index (Phi) is 6.18. The van der Waals surface area contributed by atoms with E-state index in [2.05, 4.69) is 0 Å². The van der Waals surface area contributed by atoms with Crippen LogP contribution in [0.1, 0.15) is 18.5 Å². The van der Waals surface area contributed by atoms with Crippen LogP contribution in [0.15, 0.2) is 29.2 Å². The number of sulfone groups is 1. The van der Waals surface area contributed by atoms with Crippen LogP contribution in [0.25, 0.3) is 0 Å². The van der Waals surface area contributed by atoms with Crippen LogP contribution in [0.3, 0.4) is 0 Å². The average molecular weight is 352 g/mol. The molecule has 9 heteroatoms. The molecule has 23 heavy (non-hydrogen) atoms. The van der Waals surface area contributed by atoms with Gasteiger partial charge in [-0.05, 0) is 31.7 Å². The van der Waals surface area contributed by atoms with Crippen LogP contribution in [0, 0.1) is 0 Å². The lowest BCUT2D eigenvalue weighted by Gasteiger charge is -2.24. The number of likely N-dealkylation sites (N-methyl/N-ethyl adjacent to an activating group) is 1. The topological polar surface area (TPSA) is 66.5 Å². The van der Waals surface area contributed by atoms with Gasteiger partial charge in [0, 0.05) is 12.3 Å². The van der Waals surface area contributed by atoms with Gasteiger partial charge >= 0.3 is 6.18 Å². The molecule has 0 saturated heterocycles. The highest BCUT2D eigenvalue weighted by Crippen LogP contribution is 2.20. The van der Waals surface area contributed by atoms with Crippen molar-refractivity contribution < 1.29 is 26.4 Å². The van der Waals surface area contributed by atoms with E-state index in [-0.39, 0.29) is 17.5 Å². The van der Waals surface area contributed by atoms with E-state index in [1.54, 1.807) is 36.3 Å². The normalized spacial score (nSPS) is 13.9. The summed E-state index contributed by atoms with van der Waals surface area (Å²) in [5.74, 6) is -0.732. The molecular formula is C14H19F3N2O3S.